The van der Waals surface area contributed by atoms with Crippen molar-refractivity contribution in [3.63, 3.8) is 0 Å². The van der Waals surface area contributed by atoms with E-state index < -0.39 is 0 Å². The number of piperidine rings is 1. The van der Waals surface area contributed by atoms with Gasteiger partial charge in [-0.15, -0.1) is 0 Å². The first-order valence-electron chi connectivity index (χ1n) is 9.55. The number of rotatable bonds is 2. The maximum absolute atomic E-state index is 6.73. The molecule has 146 valence electrons. The second-order valence-corrected chi connectivity index (χ2v) is 8.61. The number of anilines is 1. The number of fused-ring (bicyclic) bond motifs is 2. The Morgan fingerprint density at radius 1 is 1.32 bits per heavy atom. The molecule has 2 N–H and O–H groups in total. The molecule has 1 atom stereocenters. The Hall–Kier alpha value is -2.19. The number of hydrogen-bond acceptors (Lipinski definition) is 6. The van der Waals surface area contributed by atoms with Crippen molar-refractivity contribution in [2.75, 3.05) is 25.1 Å². The summed E-state index contributed by atoms with van der Waals surface area (Å²) in [6.45, 7) is 3.85. The van der Waals surface area contributed by atoms with Crippen molar-refractivity contribution >= 4 is 27.3 Å². The van der Waals surface area contributed by atoms with E-state index in [2.05, 4.69) is 37.0 Å². The maximum atomic E-state index is 6.73. The van der Waals surface area contributed by atoms with Crippen LogP contribution in [0.15, 0.2) is 29.1 Å². The van der Waals surface area contributed by atoms with Gasteiger partial charge in [0, 0.05) is 24.8 Å². The zero-order valence-electron chi connectivity index (χ0n) is 16.0. The van der Waals surface area contributed by atoms with Gasteiger partial charge in [0.05, 0.1) is 25.2 Å². The topological polar surface area (TPSA) is 81.6 Å². The highest BCUT2D eigenvalue weighted by Crippen LogP contribution is 2.51. The SMILES string of the molecule is COc1cnc2c(c1)[C@@H](N)C1(CCN(c3nc(C)c(Br)n4nccc34)CC1)C2. The van der Waals surface area contributed by atoms with Gasteiger partial charge in [0.2, 0.25) is 0 Å². The molecule has 28 heavy (non-hydrogen) atoms. The molecule has 3 aromatic rings. The summed E-state index contributed by atoms with van der Waals surface area (Å²) in [4.78, 5) is 11.8. The quantitative estimate of drug-likeness (QED) is 0.656. The van der Waals surface area contributed by atoms with Gasteiger partial charge in [0.25, 0.3) is 0 Å². The summed E-state index contributed by atoms with van der Waals surface area (Å²) in [5.41, 5.74) is 11.0. The van der Waals surface area contributed by atoms with E-state index in [1.54, 1.807) is 13.3 Å². The molecule has 0 unspecified atom stereocenters. The average Bonchev–Trinajstić information content (AvgIpc) is 3.30. The molecule has 5 rings (SSSR count). The molecular formula is C20H23BrN6O. The largest absolute Gasteiger partial charge is 0.495 e. The molecule has 8 heteroatoms. The minimum atomic E-state index is 0.00171. The Balaban J connectivity index is 1.42. The maximum Gasteiger partial charge on any atom is 0.155 e. The van der Waals surface area contributed by atoms with Crippen molar-refractivity contribution in [2.24, 2.45) is 11.1 Å². The minimum absolute atomic E-state index is 0.00171. The van der Waals surface area contributed by atoms with E-state index in [0.29, 0.717) is 0 Å². The van der Waals surface area contributed by atoms with E-state index in [0.717, 1.165) is 71.0 Å². The summed E-state index contributed by atoms with van der Waals surface area (Å²) in [6.07, 6.45) is 6.59. The standard InChI is InChI=1S/C20H23BrN6O/c1-12-18(21)27-16(3-6-24-27)19(25-12)26-7-4-20(5-8-26)10-15-14(17(20)22)9-13(28-2)11-23-15/h3,6,9,11,17H,4-5,7-8,10,22H2,1-2H3/t17-/m1/s1. The van der Waals surface area contributed by atoms with Crippen LogP contribution in [0, 0.1) is 12.3 Å². The summed E-state index contributed by atoms with van der Waals surface area (Å²) in [6, 6.07) is 4.08. The van der Waals surface area contributed by atoms with Gasteiger partial charge >= 0.3 is 0 Å². The van der Waals surface area contributed by atoms with Crippen molar-refractivity contribution in [1.82, 2.24) is 19.6 Å². The van der Waals surface area contributed by atoms with Crippen LogP contribution < -0.4 is 15.4 Å². The van der Waals surface area contributed by atoms with Gasteiger partial charge in [-0.3, -0.25) is 4.98 Å². The lowest BCUT2D eigenvalue weighted by atomic mass is 9.73. The third-order valence-corrected chi connectivity index (χ3v) is 7.33. The van der Waals surface area contributed by atoms with E-state index in [9.17, 15) is 0 Å². The van der Waals surface area contributed by atoms with Crippen LogP contribution in [-0.4, -0.2) is 39.8 Å². The van der Waals surface area contributed by atoms with Gasteiger partial charge in [0.15, 0.2) is 5.82 Å². The second kappa shape index (κ2) is 6.42. The number of aryl methyl sites for hydroxylation is 1. The van der Waals surface area contributed by atoms with Gasteiger partial charge in [-0.1, -0.05) is 0 Å². The average molecular weight is 443 g/mol. The molecule has 3 aromatic heterocycles. The first-order chi connectivity index (χ1) is 13.5. The number of pyridine rings is 1. The van der Waals surface area contributed by atoms with Crippen molar-refractivity contribution in [3.8, 4) is 5.75 Å². The molecule has 2 aliphatic rings. The van der Waals surface area contributed by atoms with Crippen LogP contribution in [0.2, 0.25) is 0 Å². The first kappa shape index (κ1) is 17.9. The number of hydrogen-bond donors (Lipinski definition) is 1. The Morgan fingerprint density at radius 3 is 2.86 bits per heavy atom. The highest BCUT2D eigenvalue weighted by atomic mass is 79.9. The lowest BCUT2D eigenvalue weighted by Crippen LogP contribution is -2.44. The number of halogens is 1. The number of aromatic nitrogens is 4. The van der Waals surface area contributed by atoms with Gasteiger partial charge in [-0.05, 0) is 65.2 Å². The third-order valence-electron chi connectivity index (χ3n) is 6.42. The van der Waals surface area contributed by atoms with Crippen LogP contribution in [0.3, 0.4) is 0 Å². The van der Waals surface area contributed by atoms with E-state index in [-0.39, 0.29) is 11.5 Å². The summed E-state index contributed by atoms with van der Waals surface area (Å²) in [7, 11) is 1.67. The fourth-order valence-electron chi connectivity index (χ4n) is 4.72. The molecular weight excluding hydrogens is 420 g/mol. The predicted octanol–water partition coefficient (Wildman–Crippen LogP) is 3.05. The first-order valence-corrected chi connectivity index (χ1v) is 10.3. The number of nitrogens with zero attached hydrogens (tertiary/aromatic N) is 5. The molecule has 0 amide bonds. The van der Waals surface area contributed by atoms with Gasteiger partial charge in [-0.2, -0.15) is 5.10 Å². The minimum Gasteiger partial charge on any atom is -0.495 e. The smallest absolute Gasteiger partial charge is 0.155 e. The fourth-order valence-corrected chi connectivity index (χ4v) is 5.09. The molecule has 0 bridgehead atoms. The molecule has 7 nitrogen and oxygen atoms in total. The predicted molar refractivity (Wildman–Crippen MR) is 111 cm³/mol. The van der Waals surface area contributed by atoms with E-state index in [1.165, 1.54) is 0 Å². The Bertz CT molecular complexity index is 1060. The third kappa shape index (κ3) is 2.54. The van der Waals surface area contributed by atoms with Crippen LogP contribution in [-0.2, 0) is 6.42 Å². The van der Waals surface area contributed by atoms with E-state index in [4.69, 9.17) is 15.5 Å². The summed E-state index contributed by atoms with van der Waals surface area (Å²) in [5, 5.41) is 4.42. The second-order valence-electron chi connectivity index (χ2n) is 7.85. The molecule has 0 saturated carbocycles. The molecule has 4 heterocycles. The summed E-state index contributed by atoms with van der Waals surface area (Å²) in [5.74, 6) is 1.78. The number of ether oxygens (including phenoxy) is 1. The normalized spacial score (nSPS) is 20.7. The highest BCUT2D eigenvalue weighted by molar-refractivity contribution is 9.10. The monoisotopic (exact) mass is 442 g/mol. The van der Waals surface area contributed by atoms with Crippen LogP contribution in [0.1, 0.15) is 35.8 Å². The van der Waals surface area contributed by atoms with Gasteiger partial charge < -0.3 is 15.4 Å². The molecule has 1 fully saturated rings. The molecule has 1 aliphatic heterocycles. The Labute approximate surface area is 172 Å². The molecule has 1 saturated heterocycles. The van der Waals surface area contributed by atoms with Crippen LogP contribution >= 0.6 is 15.9 Å². The van der Waals surface area contributed by atoms with Crippen molar-refractivity contribution < 1.29 is 4.74 Å². The number of methoxy groups -OCH3 is 1. The number of nitrogens with two attached hydrogens (primary N) is 1. The Kier molecular flexibility index (Phi) is 4.10. The highest BCUT2D eigenvalue weighted by Gasteiger charge is 2.47. The lowest BCUT2D eigenvalue weighted by Gasteiger charge is -2.42. The molecule has 1 aliphatic carbocycles. The van der Waals surface area contributed by atoms with Crippen molar-refractivity contribution in [1.29, 1.82) is 0 Å². The molecule has 1 spiro atoms. The zero-order chi connectivity index (χ0) is 19.5. The van der Waals surface area contributed by atoms with E-state index >= 15 is 0 Å². The fraction of sp³-hybridized carbons (Fsp3) is 0.450. The van der Waals surface area contributed by atoms with Crippen LogP contribution in [0.25, 0.3) is 5.52 Å². The Morgan fingerprint density at radius 2 is 2.11 bits per heavy atom. The lowest BCUT2D eigenvalue weighted by molar-refractivity contribution is 0.186. The van der Waals surface area contributed by atoms with Gasteiger partial charge in [0.1, 0.15) is 15.9 Å². The van der Waals surface area contributed by atoms with Crippen LogP contribution in [0.5, 0.6) is 5.75 Å². The van der Waals surface area contributed by atoms with E-state index in [1.807, 2.05) is 23.7 Å². The summed E-state index contributed by atoms with van der Waals surface area (Å²) >= 11 is 3.59. The van der Waals surface area contributed by atoms with Crippen molar-refractivity contribution in [3.05, 3.63) is 46.1 Å². The molecule has 0 aromatic carbocycles. The summed E-state index contributed by atoms with van der Waals surface area (Å²) < 4.78 is 8.16. The van der Waals surface area contributed by atoms with Crippen molar-refractivity contribution in [2.45, 2.75) is 32.2 Å². The van der Waals surface area contributed by atoms with Gasteiger partial charge in [-0.25, -0.2) is 9.50 Å². The van der Waals surface area contributed by atoms with Crippen LogP contribution in [0.4, 0.5) is 5.82 Å². The molecule has 0 radical (unpaired) electrons. The zero-order valence-corrected chi connectivity index (χ0v) is 17.6.